The molecule has 0 bridgehead atoms. The molecule has 5 heteroatoms. The first-order chi connectivity index (χ1) is 10.6. The van der Waals surface area contributed by atoms with Crippen LogP contribution in [0.15, 0.2) is 45.3 Å². The summed E-state index contributed by atoms with van der Waals surface area (Å²) in [6, 6.07) is 11.5. The zero-order valence-corrected chi connectivity index (χ0v) is 15.0. The number of rotatable bonds is 3. The summed E-state index contributed by atoms with van der Waals surface area (Å²) in [7, 11) is 0. The third-order valence-electron chi connectivity index (χ3n) is 3.33. The molecule has 0 radical (unpaired) electrons. The largest absolute Gasteiger partial charge is 0.494 e. The first-order valence-electron chi connectivity index (χ1n) is 6.84. The Morgan fingerprint density at radius 2 is 1.91 bits per heavy atom. The summed E-state index contributed by atoms with van der Waals surface area (Å²) in [6.45, 7) is 2.59. The fourth-order valence-electron chi connectivity index (χ4n) is 2.35. The van der Waals surface area contributed by atoms with Gasteiger partial charge in [-0.05, 0) is 58.8 Å². The Kier molecular flexibility index (Phi) is 4.36. The molecule has 1 aliphatic rings. The number of carbonyl (C=O) groups is 1. The number of halogens is 2. The molecule has 3 rings (SSSR count). The maximum Gasteiger partial charge on any atom is 0.256 e. The third kappa shape index (κ3) is 2.96. The topological polar surface area (TPSA) is 38.3 Å². The number of hydrogen-bond donors (Lipinski definition) is 1. The summed E-state index contributed by atoms with van der Waals surface area (Å²) >= 11 is 6.94. The number of ether oxygens (including phenoxy) is 1. The van der Waals surface area contributed by atoms with Crippen molar-refractivity contribution < 1.29 is 9.53 Å². The van der Waals surface area contributed by atoms with Crippen molar-refractivity contribution in [1.82, 2.24) is 0 Å². The van der Waals surface area contributed by atoms with Crippen molar-refractivity contribution in [2.24, 2.45) is 0 Å². The monoisotopic (exact) mass is 421 g/mol. The van der Waals surface area contributed by atoms with Gasteiger partial charge in [0.2, 0.25) is 0 Å². The highest BCUT2D eigenvalue weighted by molar-refractivity contribution is 9.11. The lowest BCUT2D eigenvalue weighted by atomic mass is 10.0. The molecular formula is C17H13Br2NO2. The Labute approximate surface area is 145 Å². The first-order valence-corrected chi connectivity index (χ1v) is 8.42. The van der Waals surface area contributed by atoms with Gasteiger partial charge in [0, 0.05) is 20.1 Å². The maximum atomic E-state index is 12.2. The summed E-state index contributed by atoms with van der Waals surface area (Å²) in [5.41, 5.74) is 3.31. The van der Waals surface area contributed by atoms with Crippen LogP contribution in [-0.4, -0.2) is 12.5 Å². The summed E-state index contributed by atoms with van der Waals surface area (Å²) < 4.78 is 7.21. The standard InChI is InChI=1S/C17H13Br2NO2/c1-2-22-12-5-3-10(4-6-12)7-14-13-8-11(18)9-15(19)16(13)20-17(14)21/h3-9H,2H2,1H3,(H,20,21). The van der Waals surface area contributed by atoms with Crippen LogP contribution in [0.3, 0.4) is 0 Å². The van der Waals surface area contributed by atoms with Crippen LogP contribution in [0.4, 0.5) is 5.69 Å². The number of anilines is 1. The quantitative estimate of drug-likeness (QED) is 0.698. The highest BCUT2D eigenvalue weighted by atomic mass is 79.9. The van der Waals surface area contributed by atoms with Crippen LogP contribution in [0.2, 0.25) is 0 Å². The van der Waals surface area contributed by atoms with E-state index in [0.29, 0.717) is 12.2 Å². The smallest absolute Gasteiger partial charge is 0.256 e. The second kappa shape index (κ2) is 6.26. The van der Waals surface area contributed by atoms with Gasteiger partial charge >= 0.3 is 0 Å². The molecule has 0 saturated carbocycles. The lowest BCUT2D eigenvalue weighted by Gasteiger charge is -2.04. The lowest BCUT2D eigenvalue weighted by Crippen LogP contribution is -2.03. The van der Waals surface area contributed by atoms with Gasteiger partial charge in [-0.15, -0.1) is 0 Å². The van der Waals surface area contributed by atoms with Gasteiger partial charge in [-0.1, -0.05) is 28.1 Å². The van der Waals surface area contributed by atoms with E-state index in [1.54, 1.807) is 0 Å². The van der Waals surface area contributed by atoms with Gasteiger partial charge in [0.25, 0.3) is 5.91 Å². The van der Waals surface area contributed by atoms with E-state index in [0.717, 1.165) is 31.5 Å². The van der Waals surface area contributed by atoms with Crippen molar-refractivity contribution in [2.45, 2.75) is 6.92 Å². The molecule has 2 aromatic carbocycles. The van der Waals surface area contributed by atoms with Gasteiger partial charge < -0.3 is 10.1 Å². The minimum atomic E-state index is -0.0947. The lowest BCUT2D eigenvalue weighted by molar-refractivity contribution is -0.110. The zero-order chi connectivity index (χ0) is 15.7. The summed E-state index contributed by atoms with van der Waals surface area (Å²) in [6.07, 6.45) is 1.88. The molecule has 3 nitrogen and oxygen atoms in total. The Hall–Kier alpha value is -1.59. The number of hydrogen-bond acceptors (Lipinski definition) is 2. The predicted octanol–water partition coefficient (Wildman–Crippen LogP) is 5.10. The molecule has 0 aliphatic carbocycles. The van der Waals surface area contributed by atoms with E-state index < -0.39 is 0 Å². The number of amides is 1. The minimum Gasteiger partial charge on any atom is -0.494 e. The van der Waals surface area contributed by atoms with Crippen LogP contribution in [0.25, 0.3) is 11.6 Å². The SMILES string of the molecule is CCOc1ccc(C=C2C(=O)Nc3c(Br)cc(Br)cc32)cc1. The highest BCUT2D eigenvalue weighted by Crippen LogP contribution is 2.40. The van der Waals surface area contributed by atoms with E-state index in [4.69, 9.17) is 4.74 Å². The number of benzene rings is 2. The predicted molar refractivity (Wildman–Crippen MR) is 96.0 cm³/mol. The van der Waals surface area contributed by atoms with Crippen LogP contribution >= 0.6 is 31.9 Å². The van der Waals surface area contributed by atoms with Crippen LogP contribution < -0.4 is 10.1 Å². The second-order valence-corrected chi connectivity index (χ2v) is 6.59. The molecule has 0 unspecified atom stereocenters. The fourth-order valence-corrected chi connectivity index (χ4v) is 3.68. The maximum absolute atomic E-state index is 12.2. The van der Waals surface area contributed by atoms with Crippen molar-refractivity contribution >= 4 is 55.1 Å². The van der Waals surface area contributed by atoms with Crippen LogP contribution in [0, 0.1) is 0 Å². The molecule has 1 N–H and O–H groups in total. The van der Waals surface area contributed by atoms with E-state index in [1.807, 2.05) is 49.4 Å². The third-order valence-corrected chi connectivity index (χ3v) is 4.41. The van der Waals surface area contributed by atoms with E-state index in [1.165, 1.54) is 0 Å². The summed E-state index contributed by atoms with van der Waals surface area (Å²) in [5, 5.41) is 2.90. The van der Waals surface area contributed by atoms with E-state index in [2.05, 4.69) is 37.2 Å². The van der Waals surface area contributed by atoms with Crippen molar-refractivity contribution in [3.8, 4) is 5.75 Å². The van der Waals surface area contributed by atoms with Crippen molar-refractivity contribution in [3.63, 3.8) is 0 Å². The normalized spacial score (nSPS) is 14.9. The van der Waals surface area contributed by atoms with Gasteiger partial charge in [0.1, 0.15) is 5.75 Å². The number of nitrogens with one attached hydrogen (secondary N) is 1. The molecule has 0 fully saturated rings. The number of fused-ring (bicyclic) bond motifs is 1. The van der Waals surface area contributed by atoms with Crippen LogP contribution in [0.1, 0.15) is 18.1 Å². The zero-order valence-electron chi connectivity index (χ0n) is 11.8. The average Bonchev–Trinajstić information content (AvgIpc) is 2.79. The van der Waals surface area contributed by atoms with Gasteiger partial charge in [-0.25, -0.2) is 0 Å². The molecule has 112 valence electrons. The van der Waals surface area contributed by atoms with Gasteiger partial charge in [-0.3, -0.25) is 4.79 Å². The molecule has 1 heterocycles. The Morgan fingerprint density at radius 1 is 1.18 bits per heavy atom. The van der Waals surface area contributed by atoms with Crippen molar-refractivity contribution in [2.75, 3.05) is 11.9 Å². The van der Waals surface area contributed by atoms with E-state index in [9.17, 15) is 4.79 Å². The van der Waals surface area contributed by atoms with Crippen LogP contribution in [-0.2, 0) is 4.79 Å². The van der Waals surface area contributed by atoms with E-state index in [-0.39, 0.29) is 5.91 Å². The van der Waals surface area contributed by atoms with Crippen LogP contribution in [0.5, 0.6) is 5.75 Å². The summed E-state index contributed by atoms with van der Waals surface area (Å²) in [5.74, 6) is 0.731. The minimum absolute atomic E-state index is 0.0947. The molecule has 0 aromatic heterocycles. The highest BCUT2D eigenvalue weighted by Gasteiger charge is 2.26. The molecule has 1 amide bonds. The van der Waals surface area contributed by atoms with Crippen molar-refractivity contribution in [3.05, 3.63) is 56.5 Å². The molecule has 0 atom stereocenters. The van der Waals surface area contributed by atoms with Gasteiger partial charge in [0.15, 0.2) is 0 Å². The fraction of sp³-hybridized carbons (Fsp3) is 0.118. The first kappa shape index (κ1) is 15.3. The van der Waals surface area contributed by atoms with Gasteiger partial charge in [0.05, 0.1) is 12.3 Å². The summed E-state index contributed by atoms with van der Waals surface area (Å²) in [4.78, 5) is 12.2. The number of carbonyl (C=O) groups excluding carboxylic acids is 1. The van der Waals surface area contributed by atoms with Crippen molar-refractivity contribution in [1.29, 1.82) is 0 Å². The molecule has 0 saturated heterocycles. The van der Waals surface area contributed by atoms with Gasteiger partial charge in [-0.2, -0.15) is 0 Å². The Balaban J connectivity index is 2.00. The average molecular weight is 423 g/mol. The molecule has 2 aromatic rings. The Morgan fingerprint density at radius 3 is 2.59 bits per heavy atom. The Bertz CT molecular complexity index is 767. The molecule has 0 spiro atoms. The molecule has 1 aliphatic heterocycles. The molecular weight excluding hydrogens is 410 g/mol. The van der Waals surface area contributed by atoms with E-state index >= 15 is 0 Å². The second-order valence-electron chi connectivity index (χ2n) is 4.82. The molecule has 22 heavy (non-hydrogen) atoms.